The normalized spacial score (nSPS) is 35.6. The van der Waals surface area contributed by atoms with Gasteiger partial charge in [0.25, 0.3) is 0 Å². The Kier molecular flexibility index (Phi) is 2.94. The van der Waals surface area contributed by atoms with E-state index in [1.807, 2.05) is 0 Å². The van der Waals surface area contributed by atoms with Crippen LogP contribution in [0.3, 0.4) is 0 Å². The van der Waals surface area contributed by atoms with Crippen LogP contribution < -0.4 is 4.90 Å². The lowest BCUT2D eigenvalue weighted by atomic mass is 9.77. The van der Waals surface area contributed by atoms with Crippen LogP contribution in [0, 0.1) is 11.8 Å². The van der Waals surface area contributed by atoms with Crippen LogP contribution in [0.1, 0.15) is 0 Å². The molecule has 2 bridgehead atoms. The van der Waals surface area contributed by atoms with Crippen LogP contribution in [0.5, 0.6) is 0 Å². The van der Waals surface area contributed by atoms with Crippen LogP contribution in [0.4, 0.5) is 5.69 Å². The summed E-state index contributed by atoms with van der Waals surface area (Å²) in [6.45, 7) is -0.345. The highest BCUT2D eigenvalue weighted by Crippen LogP contribution is 2.52. The van der Waals surface area contributed by atoms with Crippen molar-refractivity contribution in [2.45, 2.75) is 11.7 Å². The SMILES string of the molecule is O=C1[C@@H]2[C@H]3C=C[C@@](CO)(O3)[C@H]2C(=O)N1c1ccc(Cl)cc1Cl. The first-order chi connectivity index (χ1) is 10.5. The van der Waals surface area contributed by atoms with Gasteiger partial charge in [-0.05, 0) is 18.2 Å². The number of halogens is 2. The molecule has 1 aromatic carbocycles. The van der Waals surface area contributed by atoms with Crippen LogP contribution in [-0.4, -0.2) is 35.2 Å². The van der Waals surface area contributed by atoms with Crippen LogP contribution in [-0.2, 0) is 14.3 Å². The number of hydrogen-bond donors (Lipinski definition) is 1. The van der Waals surface area contributed by atoms with Crippen molar-refractivity contribution < 1.29 is 19.4 Å². The second-order valence-electron chi connectivity index (χ2n) is 5.67. The maximum absolute atomic E-state index is 12.8. The zero-order valence-corrected chi connectivity index (χ0v) is 12.7. The number of aliphatic hydroxyl groups is 1. The Labute approximate surface area is 136 Å². The summed E-state index contributed by atoms with van der Waals surface area (Å²) in [6, 6.07) is 4.60. The number of carbonyl (C=O) groups excluding carboxylic acids is 2. The number of ether oxygens (including phenoxy) is 1. The molecule has 4 rings (SSSR count). The molecule has 4 atom stereocenters. The van der Waals surface area contributed by atoms with E-state index in [0.717, 1.165) is 4.90 Å². The molecule has 22 heavy (non-hydrogen) atoms. The number of nitrogens with zero attached hydrogens (tertiary/aromatic N) is 1. The molecule has 0 aromatic heterocycles. The van der Waals surface area contributed by atoms with Crippen molar-refractivity contribution in [1.29, 1.82) is 0 Å². The first-order valence-corrected chi connectivity index (χ1v) is 7.55. The van der Waals surface area contributed by atoms with Gasteiger partial charge in [-0.3, -0.25) is 9.59 Å². The Morgan fingerprint density at radius 1 is 1.27 bits per heavy atom. The molecule has 0 radical (unpaired) electrons. The van der Waals surface area contributed by atoms with Gasteiger partial charge in [-0.25, -0.2) is 4.90 Å². The van der Waals surface area contributed by atoms with E-state index in [0.29, 0.717) is 10.7 Å². The van der Waals surface area contributed by atoms with Crippen LogP contribution in [0.2, 0.25) is 10.0 Å². The molecule has 0 unspecified atom stereocenters. The Bertz CT molecular complexity index is 734. The second kappa shape index (κ2) is 4.55. The summed E-state index contributed by atoms with van der Waals surface area (Å²) >= 11 is 12.0. The molecule has 2 fully saturated rings. The molecule has 3 aliphatic rings. The van der Waals surface area contributed by atoms with E-state index in [1.165, 1.54) is 6.07 Å². The Morgan fingerprint density at radius 3 is 2.73 bits per heavy atom. The number of imide groups is 1. The standard InChI is InChI=1S/C15H11Cl2NO4/c16-7-1-2-9(8(17)5-7)18-13(20)11-10-3-4-15(6-19,22-10)12(11)14(18)21/h1-5,10-12,19H,6H2/t10-,11-,12-,15+/m1/s1. The molecule has 114 valence electrons. The predicted molar refractivity (Wildman–Crippen MR) is 79.8 cm³/mol. The monoisotopic (exact) mass is 339 g/mol. The lowest BCUT2D eigenvalue weighted by molar-refractivity contribution is -0.128. The average molecular weight is 340 g/mol. The van der Waals surface area contributed by atoms with Gasteiger partial charge in [0, 0.05) is 5.02 Å². The zero-order chi connectivity index (χ0) is 15.6. The van der Waals surface area contributed by atoms with Crippen LogP contribution >= 0.6 is 23.2 Å². The summed E-state index contributed by atoms with van der Waals surface area (Å²) < 4.78 is 5.67. The molecule has 0 aliphatic carbocycles. The molecular formula is C15H11Cl2NO4. The number of anilines is 1. The predicted octanol–water partition coefficient (Wildman–Crippen LogP) is 1.80. The lowest BCUT2D eigenvalue weighted by Gasteiger charge is -2.26. The summed E-state index contributed by atoms with van der Waals surface area (Å²) in [5, 5.41) is 10.3. The van der Waals surface area contributed by atoms with Crippen molar-refractivity contribution in [3.05, 3.63) is 40.4 Å². The number of aliphatic hydroxyl groups excluding tert-OH is 1. The number of amides is 2. The Hall–Kier alpha value is -1.40. The third-order valence-electron chi connectivity index (χ3n) is 4.55. The molecule has 0 spiro atoms. The van der Waals surface area contributed by atoms with E-state index in [-0.39, 0.29) is 17.5 Å². The van der Waals surface area contributed by atoms with Crippen molar-refractivity contribution in [3.63, 3.8) is 0 Å². The topological polar surface area (TPSA) is 66.8 Å². The van der Waals surface area contributed by atoms with Crippen molar-refractivity contribution in [2.24, 2.45) is 11.8 Å². The van der Waals surface area contributed by atoms with E-state index < -0.39 is 29.4 Å². The fourth-order valence-corrected chi connectivity index (χ4v) is 4.08. The quantitative estimate of drug-likeness (QED) is 0.659. The minimum absolute atomic E-state index is 0.230. The van der Waals surface area contributed by atoms with Gasteiger partial charge in [0.15, 0.2) is 0 Å². The molecule has 3 heterocycles. The number of benzene rings is 1. The van der Waals surface area contributed by atoms with E-state index >= 15 is 0 Å². The van der Waals surface area contributed by atoms with Gasteiger partial charge in [-0.2, -0.15) is 0 Å². The summed E-state index contributed by atoms with van der Waals surface area (Å²) in [6.07, 6.45) is 2.93. The molecule has 1 aromatic rings. The third kappa shape index (κ3) is 1.62. The van der Waals surface area contributed by atoms with E-state index in [2.05, 4.69) is 0 Å². The zero-order valence-electron chi connectivity index (χ0n) is 11.2. The first-order valence-electron chi connectivity index (χ1n) is 6.79. The van der Waals surface area contributed by atoms with Gasteiger partial charge >= 0.3 is 0 Å². The van der Waals surface area contributed by atoms with E-state index in [9.17, 15) is 14.7 Å². The highest BCUT2D eigenvalue weighted by atomic mass is 35.5. The second-order valence-corrected chi connectivity index (χ2v) is 6.51. The highest BCUT2D eigenvalue weighted by molar-refractivity contribution is 6.38. The van der Waals surface area contributed by atoms with Gasteiger partial charge in [0.1, 0.15) is 5.60 Å². The minimum atomic E-state index is -1.10. The average Bonchev–Trinajstić information content (AvgIpc) is 3.12. The highest BCUT2D eigenvalue weighted by Gasteiger charge is 2.67. The third-order valence-corrected chi connectivity index (χ3v) is 5.09. The maximum Gasteiger partial charge on any atom is 0.241 e. The summed E-state index contributed by atoms with van der Waals surface area (Å²) in [4.78, 5) is 26.6. The van der Waals surface area contributed by atoms with Gasteiger partial charge < -0.3 is 9.84 Å². The number of rotatable bonds is 2. The number of fused-ring (bicyclic) bond motifs is 5. The fourth-order valence-electron chi connectivity index (χ4n) is 3.58. The molecule has 0 saturated carbocycles. The summed E-state index contributed by atoms with van der Waals surface area (Å²) in [5.41, 5.74) is -0.793. The number of carbonyl (C=O) groups is 2. The van der Waals surface area contributed by atoms with Crippen molar-refractivity contribution in [1.82, 2.24) is 0 Å². The first kappa shape index (κ1) is 14.2. The van der Waals surface area contributed by atoms with Crippen molar-refractivity contribution >= 4 is 40.7 Å². The molecule has 2 saturated heterocycles. The molecule has 2 amide bonds. The largest absolute Gasteiger partial charge is 0.393 e. The van der Waals surface area contributed by atoms with E-state index in [1.54, 1.807) is 24.3 Å². The molecular weight excluding hydrogens is 329 g/mol. The molecule has 1 N–H and O–H groups in total. The minimum Gasteiger partial charge on any atom is -0.393 e. The fraction of sp³-hybridized carbons (Fsp3) is 0.333. The maximum atomic E-state index is 12.8. The van der Waals surface area contributed by atoms with Crippen LogP contribution in [0.15, 0.2) is 30.4 Å². The molecule has 5 nitrogen and oxygen atoms in total. The van der Waals surface area contributed by atoms with Crippen LogP contribution in [0.25, 0.3) is 0 Å². The lowest BCUT2D eigenvalue weighted by Crippen LogP contribution is -2.43. The summed E-state index contributed by atoms with van der Waals surface area (Å²) in [5.74, 6) is -2.09. The van der Waals surface area contributed by atoms with Crippen molar-refractivity contribution in [2.75, 3.05) is 11.5 Å². The van der Waals surface area contributed by atoms with Gasteiger partial charge in [0.05, 0.1) is 35.3 Å². The Morgan fingerprint density at radius 2 is 2.05 bits per heavy atom. The number of hydrogen-bond acceptors (Lipinski definition) is 4. The summed E-state index contributed by atoms with van der Waals surface area (Å²) in [7, 11) is 0. The Balaban J connectivity index is 1.79. The smallest absolute Gasteiger partial charge is 0.241 e. The van der Waals surface area contributed by atoms with Gasteiger partial charge in [0.2, 0.25) is 11.8 Å². The van der Waals surface area contributed by atoms with Gasteiger partial charge in [-0.1, -0.05) is 35.4 Å². The van der Waals surface area contributed by atoms with E-state index in [4.69, 9.17) is 27.9 Å². The molecule has 3 aliphatic heterocycles. The van der Waals surface area contributed by atoms with Gasteiger partial charge in [-0.15, -0.1) is 0 Å². The van der Waals surface area contributed by atoms with Crippen molar-refractivity contribution in [3.8, 4) is 0 Å². The molecule has 7 heteroatoms.